The summed E-state index contributed by atoms with van der Waals surface area (Å²) in [4.78, 5) is 12.0. The van der Waals surface area contributed by atoms with Crippen molar-refractivity contribution in [2.75, 3.05) is 0 Å². The fourth-order valence-corrected chi connectivity index (χ4v) is 4.04. The quantitative estimate of drug-likeness (QED) is 0.464. The highest BCUT2D eigenvalue weighted by Crippen LogP contribution is 2.33. The number of fused-ring (bicyclic) bond motifs is 3. The number of nitrogens with two attached hydrogens (primary N) is 1. The van der Waals surface area contributed by atoms with E-state index in [0.29, 0.717) is 17.7 Å². The molecule has 0 bridgehead atoms. The average Bonchev–Trinajstić information content (AvgIpc) is 2.99. The van der Waals surface area contributed by atoms with Crippen LogP contribution in [0.25, 0.3) is 21.8 Å². The van der Waals surface area contributed by atoms with Crippen molar-refractivity contribution in [3.05, 3.63) is 82.1 Å². The Labute approximate surface area is 167 Å². The number of halogens is 2. The molecule has 5 heteroatoms. The molecule has 4 rings (SSSR count). The Kier molecular flexibility index (Phi) is 4.82. The van der Waals surface area contributed by atoms with Gasteiger partial charge >= 0.3 is 0 Å². The molecule has 0 aliphatic carbocycles. The maximum Gasteiger partial charge on any atom is 0.249 e. The van der Waals surface area contributed by atoms with E-state index in [9.17, 15) is 9.18 Å². The van der Waals surface area contributed by atoms with Gasteiger partial charge in [-0.3, -0.25) is 4.79 Å². The van der Waals surface area contributed by atoms with Crippen molar-refractivity contribution >= 4 is 39.3 Å². The number of aromatic nitrogens is 1. The zero-order valence-corrected chi connectivity index (χ0v) is 16.3. The molecule has 0 saturated heterocycles. The number of primary amides is 1. The summed E-state index contributed by atoms with van der Waals surface area (Å²) in [5.74, 6) is -0.897. The van der Waals surface area contributed by atoms with E-state index >= 15 is 0 Å². The van der Waals surface area contributed by atoms with Crippen LogP contribution in [0.15, 0.2) is 54.6 Å². The lowest BCUT2D eigenvalue weighted by molar-refractivity contribution is 0.100. The third-order valence-corrected chi connectivity index (χ3v) is 5.41. The molecule has 1 aromatic heterocycles. The van der Waals surface area contributed by atoms with E-state index in [-0.39, 0.29) is 5.02 Å². The van der Waals surface area contributed by atoms with E-state index in [1.807, 2.05) is 16.7 Å². The summed E-state index contributed by atoms with van der Waals surface area (Å²) in [6.45, 7) is 2.44. The molecule has 1 amide bonds. The second-order valence-electron chi connectivity index (χ2n) is 6.96. The molecule has 3 nitrogen and oxygen atoms in total. The number of nitrogens with zero attached hydrogens (tertiary/aromatic N) is 1. The highest BCUT2D eigenvalue weighted by atomic mass is 35.5. The molecule has 1 heterocycles. The fraction of sp³-hybridized carbons (Fsp3) is 0.174. The summed E-state index contributed by atoms with van der Waals surface area (Å²) >= 11 is 5.98. The van der Waals surface area contributed by atoms with Crippen molar-refractivity contribution in [2.24, 2.45) is 5.73 Å². The van der Waals surface area contributed by atoms with Crippen LogP contribution in [0, 0.1) is 5.82 Å². The van der Waals surface area contributed by atoms with Crippen LogP contribution in [0.1, 0.15) is 34.8 Å². The van der Waals surface area contributed by atoms with Crippen molar-refractivity contribution < 1.29 is 9.18 Å². The topological polar surface area (TPSA) is 48.0 Å². The molecule has 3 aromatic carbocycles. The monoisotopic (exact) mass is 394 g/mol. The molecule has 0 unspecified atom stereocenters. The molecule has 0 atom stereocenters. The summed E-state index contributed by atoms with van der Waals surface area (Å²) < 4.78 is 16.6. The highest BCUT2D eigenvalue weighted by Gasteiger charge is 2.18. The fourth-order valence-electron chi connectivity index (χ4n) is 3.85. The van der Waals surface area contributed by atoms with Gasteiger partial charge in [0.25, 0.3) is 0 Å². The number of hydrogen-bond donors (Lipinski definition) is 1. The highest BCUT2D eigenvalue weighted by molar-refractivity contribution is 6.30. The third kappa shape index (κ3) is 3.04. The lowest BCUT2D eigenvalue weighted by Gasteiger charge is -2.10. The smallest absolute Gasteiger partial charge is 0.249 e. The first kappa shape index (κ1) is 18.5. The molecule has 142 valence electrons. The molecular weight excluding hydrogens is 375 g/mol. The molecule has 0 fully saturated rings. The van der Waals surface area contributed by atoms with Gasteiger partial charge in [-0.25, -0.2) is 4.39 Å². The summed E-state index contributed by atoms with van der Waals surface area (Å²) in [5, 5.41) is 1.84. The molecule has 28 heavy (non-hydrogen) atoms. The molecule has 0 aliphatic rings. The minimum absolute atomic E-state index is 0.0998. The van der Waals surface area contributed by atoms with Gasteiger partial charge in [-0.2, -0.15) is 0 Å². The largest absolute Gasteiger partial charge is 0.366 e. The number of hydrogen-bond acceptors (Lipinski definition) is 1. The van der Waals surface area contributed by atoms with Crippen molar-refractivity contribution in [1.82, 2.24) is 4.57 Å². The van der Waals surface area contributed by atoms with Crippen molar-refractivity contribution in [3.8, 4) is 0 Å². The van der Waals surface area contributed by atoms with Crippen LogP contribution < -0.4 is 5.73 Å². The average molecular weight is 395 g/mol. The maximum atomic E-state index is 14.6. The predicted octanol–water partition coefficient (Wildman–Crippen LogP) is 5.69. The summed E-state index contributed by atoms with van der Waals surface area (Å²) in [5.41, 5.74) is 9.59. The van der Waals surface area contributed by atoms with Crippen molar-refractivity contribution in [3.63, 3.8) is 0 Å². The Morgan fingerprint density at radius 2 is 1.89 bits per heavy atom. The summed E-state index contributed by atoms with van der Waals surface area (Å²) in [6, 6.07) is 16.7. The van der Waals surface area contributed by atoms with E-state index in [1.165, 1.54) is 11.6 Å². The Bertz CT molecular complexity index is 1210. The SMILES string of the molecule is CCCc1ccc2c3c(C(N)=O)cccc3n(Cc3cccc(Cl)c3F)c2c1. The van der Waals surface area contributed by atoms with E-state index in [1.54, 1.807) is 24.3 Å². The molecule has 0 spiro atoms. The van der Waals surface area contributed by atoms with Crippen LogP contribution >= 0.6 is 11.6 Å². The van der Waals surface area contributed by atoms with Crippen LogP contribution in [0.5, 0.6) is 0 Å². The molecule has 4 aromatic rings. The van der Waals surface area contributed by atoms with Gasteiger partial charge in [-0.15, -0.1) is 0 Å². The van der Waals surface area contributed by atoms with E-state index in [0.717, 1.165) is 34.6 Å². The summed E-state index contributed by atoms with van der Waals surface area (Å²) in [6.07, 6.45) is 1.98. The number of carbonyl (C=O) groups excluding carboxylic acids is 1. The first-order chi connectivity index (χ1) is 13.5. The predicted molar refractivity (Wildman–Crippen MR) is 112 cm³/mol. The van der Waals surface area contributed by atoms with Gasteiger partial charge in [0.2, 0.25) is 5.91 Å². The standard InChI is InChI=1S/C23H20ClFN2O/c1-2-5-14-10-11-16-20(12-14)27(13-15-6-3-8-18(24)22(15)25)19-9-4-7-17(21(16)19)23(26)28/h3-4,6-12H,2,5,13H2,1H3,(H2,26,28). The molecule has 0 saturated carbocycles. The van der Waals surface area contributed by atoms with E-state index in [4.69, 9.17) is 17.3 Å². The van der Waals surface area contributed by atoms with Crippen LogP contribution in [-0.2, 0) is 13.0 Å². The third-order valence-electron chi connectivity index (χ3n) is 5.12. The number of aryl methyl sites for hydroxylation is 1. The van der Waals surface area contributed by atoms with Gasteiger partial charge < -0.3 is 10.3 Å². The Morgan fingerprint density at radius 3 is 2.64 bits per heavy atom. The lowest BCUT2D eigenvalue weighted by Crippen LogP contribution is -2.11. The van der Waals surface area contributed by atoms with Gasteiger partial charge in [-0.1, -0.05) is 55.3 Å². The molecule has 0 radical (unpaired) electrons. The summed E-state index contributed by atoms with van der Waals surface area (Å²) in [7, 11) is 0. The first-order valence-corrected chi connectivity index (χ1v) is 9.65. The van der Waals surface area contributed by atoms with Crippen LogP contribution in [0.4, 0.5) is 4.39 Å². The lowest BCUT2D eigenvalue weighted by atomic mass is 10.0. The van der Waals surface area contributed by atoms with Crippen LogP contribution in [-0.4, -0.2) is 10.5 Å². The Balaban J connectivity index is 2.04. The molecular formula is C23H20ClFN2O. The normalized spacial score (nSPS) is 11.4. The Hall–Kier alpha value is -2.85. The zero-order chi connectivity index (χ0) is 19.8. The number of benzene rings is 3. The molecule has 0 aliphatic heterocycles. The number of carbonyl (C=O) groups is 1. The van der Waals surface area contributed by atoms with Crippen LogP contribution in [0.2, 0.25) is 5.02 Å². The van der Waals surface area contributed by atoms with E-state index in [2.05, 4.69) is 19.1 Å². The van der Waals surface area contributed by atoms with Gasteiger partial charge in [-0.05, 0) is 36.2 Å². The minimum atomic E-state index is -0.476. The van der Waals surface area contributed by atoms with Crippen LogP contribution in [0.3, 0.4) is 0 Å². The zero-order valence-electron chi connectivity index (χ0n) is 15.5. The Morgan fingerprint density at radius 1 is 1.11 bits per heavy atom. The van der Waals surface area contributed by atoms with E-state index < -0.39 is 11.7 Å². The van der Waals surface area contributed by atoms with Gasteiger partial charge in [0.15, 0.2) is 0 Å². The molecule has 2 N–H and O–H groups in total. The second kappa shape index (κ2) is 7.28. The number of amides is 1. The first-order valence-electron chi connectivity index (χ1n) is 9.27. The number of rotatable bonds is 5. The van der Waals surface area contributed by atoms with Gasteiger partial charge in [0.05, 0.1) is 17.1 Å². The second-order valence-corrected chi connectivity index (χ2v) is 7.37. The minimum Gasteiger partial charge on any atom is -0.366 e. The van der Waals surface area contributed by atoms with Crippen molar-refractivity contribution in [1.29, 1.82) is 0 Å². The maximum absolute atomic E-state index is 14.6. The van der Waals surface area contributed by atoms with Crippen molar-refractivity contribution in [2.45, 2.75) is 26.3 Å². The van der Waals surface area contributed by atoms with Gasteiger partial charge in [0.1, 0.15) is 5.82 Å². The van der Waals surface area contributed by atoms with Gasteiger partial charge in [0, 0.05) is 27.4 Å².